The molecule has 0 radical (unpaired) electrons. The summed E-state index contributed by atoms with van der Waals surface area (Å²) in [4.78, 5) is 62.4. The molecule has 0 amide bonds. The molecule has 1 saturated heterocycles. The largest absolute Gasteiger partial charge is 1.00 e. The van der Waals surface area contributed by atoms with Gasteiger partial charge in [0, 0.05) is 6.42 Å². The van der Waals surface area contributed by atoms with Crippen LogP contribution in [0.5, 0.6) is 0 Å². The van der Waals surface area contributed by atoms with E-state index in [0.717, 1.165) is 6.33 Å². The summed E-state index contributed by atoms with van der Waals surface area (Å²) in [6.07, 6.45) is -5.18. The minimum absolute atomic E-state index is 0. The van der Waals surface area contributed by atoms with E-state index in [2.05, 4.69) is 19.5 Å². The summed E-state index contributed by atoms with van der Waals surface area (Å²) in [6, 6.07) is -1.34. The van der Waals surface area contributed by atoms with Crippen LogP contribution in [0.3, 0.4) is 0 Å². The molecule has 1 aliphatic rings. The van der Waals surface area contributed by atoms with Crippen LogP contribution in [0.25, 0.3) is 11.2 Å². The van der Waals surface area contributed by atoms with Crippen molar-refractivity contribution in [3.8, 4) is 0 Å². The normalized spacial score (nSPS) is 22.0. The van der Waals surface area contributed by atoms with E-state index in [4.69, 9.17) is 30.7 Å². The van der Waals surface area contributed by atoms with Crippen molar-refractivity contribution >= 4 is 36.9 Å². The molecule has 188 valence electrons. The number of rotatable bonds is 8. The molecule has 3 heterocycles. The second-order valence-electron chi connectivity index (χ2n) is 7.05. The molecule has 36 heavy (non-hydrogen) atoms. The maximum absolute atomic E-state index is 12.0. The van der Waals surface area contributed by atoms with Crippen LogP contribution >= 0.6 is 7.82 Å². The average molecular weight is 564 g/mol. The summed E-state index contributed by atoms with van der Waals surface area (Å²) >= 11 is 0. The van der Waals surface area contributed by atoms with E-state index in [0.29, 0.717) is 0 Å². The van der Waals surface area contributed by atoms with Crippen LogP contribution in [-0.2, 0) is 28.2 Å². The van der Waals surface area contributed by atoms with Gasteiger partial charge in [-0.2, -0.15) is 4.98 Å². The molecule has 2 aromatic heterocycles. The predicted molar refractivity (Wildman–Crippen MR) is 108 cm³/mol. The third-order valence-corrected chi connectivity index (χ3v) is 5.08. The van der Waals surface area contributed by atoms with E-state index in [1.165, 1.54) is 4.57 Å². The Balaban J connectivity index is -0.00000102. The molecular formula is C15H24N6Na3O11P. The number of nitrogens with two attached hydrogens (primary N) is 2. The second-order valence-corrected chi connectivity index (χ2v) is 8.21. The fourth-order valence-corrected chi connectivity index (χ4v) is 3.42. The number of nitrogens with one attached hydrogen (secondary N) is 1. The van der Waals surface area contributed by atoms with Crippen LogP contribution in [0, 0.1) is 0 Å². The maximum atomic E-state index is 12.0. The number of imidazole rings is 1. The average Bonchev–Trinajstić information content (AvgIpc) is 3.24. The molecule has 3 rings (SSSR count). The first-order valence-corrected chi connectivity index (χ1v) is 10.8. The van der Waals surface area contributed by atoms with Crippen LogP contribution in [-0.4, -0.2) is 82.4 Å². The zero-order valence-corrected chi connectivity index (χ0v) is 26.6. The Morgan fingerprint density at radius 1 is 1.28 bits per heavy atom. The Labute approximate surface area is 273 Å². The van der Waals surface area contributed by atoms with Crippen molar-refractivity contribution in [3.05, 3.63) is 16.7 Å². The van der Waals surface area contributed by atoms with E-state index in [1.54, 1.807) is 0 Å². The molecule has 0 aromatic carbocycles. The minimum Gasteiger partial charge on any atom is -1.00 e. The van der Waals surface area contributed by atoms with E-state index >= 15 is 0 Å². The number of aliphatic hydroxyl groups is 2. The molecule has 9 N–H and O–H groups in total. The second kappa shape index (κ2) is 15.0. The van der Waals surface area contributed by atoms with Gasteiger partial charge in [-0.3, -0.25) is 33.7 Å². The van der Waals surface area contributed by atoms with Crippen molar-refractivity contribution in [2.24, 2.45) is 5.73 Å². The summed E-state index contributed by atoms with van der Waals surface area (Å²) in [6.45, 7) is -0.531. The third kappa shape index (κ3) is 9.08. The Morgan fingerprint density at radius 2 is 1.92 bits per heavy atom. The third-order valence-electron chi connectivity index (χ3n) is 4.63. The molecule has 0 unspecified atom stereocenters. The van der Waals surface area contributed by atoms with Gasteiger partial charge in [-0.05, 0) is 6.42 Å². The van der Waals surface area contributed by atoms with Gasteiger partial charge in [0.25, 0.3) is 5.56 Å². The van der Waals surface area contributed by atoms with Crippen LogP contribution in [0.2, 0.25) is 0 Å². The number of esters is 1. The standard InChI is InChI=1S/C15H21N6O11P.3Na.3H/c16-5(1-2-7(22)32-33(27,28)29)14(26)30-3-6-9(23)10(24)13(31-6)21-4-18-8-11(21)19-15(17)20-12(8)25;;;;;;/h4-6,9-10,13,23-24H,1-3,16H2,(H2,27,28,29)(H3,17,19,20,25);;;;;;/q;3*+1;3*-1/t5-,6+,9+,10+,13+;;;;;;/m0....../s1. The zero-order valence-electron chi connectivity index (χ0n) is 22.7. The van der Waals surface area contributed by atoms with Crippen molar-refractivity contribution < 1.29 is 141 Å². The Hall–Kier alpha value is 0.0800. The number of H-pyrrole nitrogens is 1. The number of aromatic amines is 1. The van der Waals surface area contributed by atoms with Gasteiger partial charge in [-0.1, -0.05) is 0 Å². The number of fused-ring (bicyclic) bond motifs is 1. The quantitative estimate of drug-likeness (QED) is 0.0890. The summed E-state index contributed by atoms with van der Waals surface area (Å²) in [5, 5.41) is 20.6. The van der Waals surface area contributed by atoms with Gasteiger partial charge in [0.15, 0.2) is 17.4 Å². The van der Waals surface area contributed by atoms with Crippen LogP contribution in [0.4, 0.5) is 5.95 Å². The van der Waals surface area contributed by atoms with Crippen molar-refractivity contribution in [1.82, 2.24) is 19.5 Å². The molecular weight excluding hydrogens is 540 g/mol. The molecule has 0 spiro atoms. The number of hydrogen-bond donors (Lipinski definition) is 7. The first kappa shape index (κ1) is 36.1. The number of hydrogen-bond acceptors (Lipinski definition) is 13. The minimum atomic E-state index is -5.00. The molecule has 0 saturated carbocycles. The van der Waals surface area contributed by atoms with Crippen molar-refractivity contribution in [1.29, 1.82) is 0 Å². The monoisotopic (exact) mass is 564 g/mol. The Bertz CT molecular complexity index is 1180. The van der Waals surface area contributed by atoms with Crippen LogP contribution < -0.4 is 106 Å². The number of phosphoric ester groups is 1. The molecule has 5 atom stereocenters. The number of ether oxygens (including phenoxy) is 2. The molecule has 0 bridgehead atoms. The van der Waals surface area contributed by atoms with Gasteiger partial charge in [0.05, 0.1) is 6.33 Å². The fourth-order valence-electron chi connectivity index (χ4n) is 3.07. The molecule has 17 nitrogen and oxygen atoms in total. The van der Waals surface area contributed by atoms with Crippen molar-refractivity contribution in [2.75, 3.05) is 12.3 Å². The first-order valence-electron chi connectivity index (χ1n) is 9.31. The van der Waals surface area contributed by atoms with E-state index in [-0.39, 0.29) is 116 Å². The van der Waals surface area contributed by atoms with Gasteiger partial charge in [-0.15, -0.1) is 0 Å². The summed E-state index contributed by atoms with van der Waals surface area (Å²) in [5.74, 6) is -2.46. The summed E-state index contributed by atoms with van der Waals surface area (Å²) < 4.78 is 26.1. The maximum Gasteiger partial charge on any atom is 1.00 e. The van der Waals surface area contributed by atoms with Gasteiger partial charge < -0.3 is 40.0 Å². The Kier molecular flexibility index (Phi) is 15.1. The SMILES string of the molecule is Nc1nc2c(ncn2[C@@H]2O[C@H](COC(=O)[C@@H](N)CCC(=O)OP(=O)(O)O)[C@@H](O)[C@H]2O)c(=O)[nH]1.[H-].[H-].[H-].[Na+].[Na+].[Na+]. The predicted octanol–water partition coefficient (Wildman–Crippen LogP) is -12.0. The van der Waals surface area contributed by atoms with Gasteiger partial charge >= 0.3 is 108 Å². The van der Waals surface area contributed by atoms with E-state index < -0.39 is 68.9 Å². The van der Waals surface area contributed by atoms with Gasteiger partial charge in [0.2, 0.25) is 5.95 Å². The molecule has 2 aromatic rings. The molecule has 1 fully saturated rings. The van der Waals surface area contributed by atoms with Crippen molar-refractivity contribution in [2.45, 2.75) is 43.4 Å². The molecule has 21 heteroatoms. The van der Waals surface area contributed by atoms with Crippen LogP contribution in [0.1, 0.15) is 23.3 Å². The van der Waals surface area contributed by atoms with Crippen molar-refractivity contribution in [3.63, 3.8) is 0 Å². The number of aliphatic hydroxyl groups excluding tert-OH is 2. The number of nitrogen functional groups attached to an aromatic ring is 1. The van der Waals surface area contributed by atoms with Crippen LogP contribution in [0.15, 0.2) is 11.1 Å². The number of nitrogens with zero attached hydrogens (tertiary/aromatic N) is 3. The summed E-state index contributed by atoms with van der Waals surface area (Å²) in [5.41, 5.74) is 10.4. The zero-order chi connectivity index (χ0) is 24.5. The van der Waals surface area contributed by atoms with E-state index in [9.17, 15) is 29.2 Å². The summed E-state index contributed by atoms with van der Waals surface area (Å²) in [7, 11) is -5.00. The fraction of sp³-hybridized carbons (Fsp3) is 0.533. The number of phosphoric acid groups is 1. The smallest absolute Gasteiger partial charge is 1.00 e. The van der Waals surface area contributed by atoms with E-state index in [1.807, 2.05) is 0 Å². The number of aromatic nitrogens is 4. The first-order chi connectivity index (χ1) is 15.4. The molecule has 1 aliphatic heterocycles. The number of carbonyl (C=O) groups excluding carboxylic acids is 2. The van der Waals surface area contributed by atoms with Gasteiger partial charge in [-0.25, -0.2) is 9.55 Å². The number of anilines is 1. The van der Waals surface area contributed by atoms with Gasteiger partial charge in [0.1, 0.15) is 31.0 Å². The topological polar surface area (TPSA) is 275 Å². The number of carbonyl (C=O) groups is 2. The molecule has 0 aliphatic carbocycles. The Morgan fingerprint density at radius 3 is 2.53 bits per heavy atom.